The number of halogens is 2. The van der Waals surface area contributed by atoms with Crippen LogP contribution in [-0.4, -0.2) is 55.1 Å². The molecule has 2 unspecified atom stereocenters. The van der Waals surface area contributed by atoms with E-state index in [1.807, 2.05) is 12.1 Å². The molecule has 0 bridgehead atoms. The summed E-state index contributed by atoms with van der Waals surface area (Å²) < 4.78 is 30.4. The molecular formula is C17H23F2N3O2. The van der Waals surface area contributed by atoms with Gasteiger partial charge in [0.15, 0.2) is 0 Å². The number of hydrogen-bond acceptors (Lipinski definition) is 4. The van der Waals surface area contributed by atoms with Crippen molar-refractivity contribution >= 4 is 11.7 Å². The summed E-state index contributed by atoms with van der Waals surface area (Å²) in [5.74, 6) is 0.467. The first-order valence-corrected chi connectivity index (χ1v) is 8.47. The standard InChI is InChI=1S/C17H23F2N3O2/c18-15(19)10-22-6-1-2-13(9-22)17(23)21-16-8-12(3-5-20-16)14-4-7-24-11-14/h3,5,8,13-15H,1-2,4,6-7,9-11H2,(H,20,21,23). The Morgan fingerprint density at radius 2 is 2.33 bits per heavy atom. The minimum absolute atomic E-state index is 0.138. The molecule has 1 amide bonds. The Kier molecular flexibility index (Phi) is 5.73. The summed E-state index contributed by atoms with van der Waals surface area (Å²) in [6, 6.07) is 3.83. The maximum Gasteiger partial charge on any atom is 0.251 e. The zero-order valence-electron chi connectivity index (χ0n) is 13.6. The minimum Gasteiger partial charge on any atom is -0.381 e. The van der Waals surface area contributed by atoms with Crippen LogP contribution in [0.3, 0.4) is 0 Å². The average Bonchev–Trinajstić information content (AvgIpc) is 3.09. The van der Waals surface area contributed by atoms with E-state index in [0.717, 1.165) is 31.4 Å². The number of anilines is 1. The molecule has 2 aliphatic rings. The first-order valence-electron chi connectivity index (χ1n) is 8.47. The fourth-order valence-electron chi connectivity index (χ4n) is 3.43. The maximum absolute atomic E-state index is 12.5. The molecule has 0 aliphatic carbocycles. The van der Waals surface area contributed by atoms with Crippen molar-refractivity contribution < 1.29 is 18.3 Å². The number of aromatic nitrogens is 1. The first kappa shape index (κ1) is 17.2. The van der Waals surface area contributed by atoms with Crippen molar-refractivity contribution in [3.05, 3.63) is 23.9 Å². The van der Waals surface area contributed by atoms with E-state index in [2.05, 4.69) is 10.3 Å². The second kappa shape index (κ2) is 7.98. The third-order valence-corrected chi connectivity index (χ3v) is 4.71. The van der Waals surface area contributed by atoms with Crippen LogP contribution in [-0.2, 0) is 9.53 Å². The van der Waals surface area contributed by atoms with Crippen LogP contribution < -0.4 is 5.32 Å². The van der Waals surface area contributed by atoms with Gasteiger partial charge in [-0.15, -0.1) is 0 Å². The lowest BCUT2D eigenvalue weighted by molar-refractivity contribution is -0.121. The molecular weight excluding hydrogens is 316 g/mol. The lowest BCUT2D eigenvalue weighted by Crippen LogP contribution is -2.42. The van der Waals surface area contributed by atoms with Crippen LogP contribution in [0, 0.1) is 5.92 Å². The Labute approximate surface area is 140 Å². The second-order valence-electron chi connectivity index (χ2n) is 6.51. The van der Waals surface area contributed by atoms with Crippen LogP contribution in [0.25, 0.3) is 0 Å². The number of piperidine rings is 1. The molecule has 2 atom stereocenters. The fourth-order valence-corrected chi connectivity index (χ4v) is 3.43. The molecule has 1 aromatic heterocycles. The number of amides is 1. The van der Waals surface area contributed by atoms with Gasteiger partial charge in [0.1, 0.15) is 5.82 Å². The quantitative estimate of drug-likeness (QED) is 0.896. The van der Waals surface area contributed by atoms with Crippen LogP contribution in [0.4, 0.5) is 14.6 Å². The lowest BCUT2D eigenvalue weighted by atomic mass is 9.97. The molecule has 24 heavy (non-hydrogen) atoms. The highest BCUT2D eigenvalue weighted by atomic mass is 19.3. The largest absolute Gasteiger partial charge is 0.381 e. The zero-order chi connectivity index (χ0) is 16.9. The van der Waals surface area contributed by atoms with Crippen LogP contribution >= 0.6 is 0 Å². The number of nitrogens with zero attached hydrogens (tertiary/aromatic N) is 2. The molecule has 132 valence electrons. The summed E-state index contributed by atoms with van der Waals surface area (Å²) in [5, 5.41) is 2.84. The molecule has 7 heteroatoms. The van der Waals surface area contributed by atoms with E-state index in [1.165, 1.54) is 0 Å². The van der Waals surface area contributed by atoms with E-state index in [-0.39, 0.29) is 18.4 Å². The monoisotopic (exact) mass is 339 g/mol. The van der Waals surface area contributed by atoms with Crippen molar-refractivity contribution in [2.75, 3.05) is 38.2 Å². The Morgan fingerprint density at radius 3 is 3.08 bits per heavy atom. The molecule has 0 saturated carbocycles. The maximum atomic E-state index is 12.5. The highest BCUT2D eigenvalue weighted by molar-refractivity contribution is 5.91. The topological polar surface area (TPSA) is 54.5 Å². The van der Waals surface area contributed by atoms with Crippen LogP contribution in [0.5, 0.6) is 0 Å². The molecule has 1 aromatic rings. The van der Waals surface area contributed by atoms with E-state index in [4.69, 9.17) is 4.74 Å². The van der Waals surface area contributed by atoms with E-state index in [0.29, 0.717) is 31.4 Å². The summed E-state index contributed by atoms with van der Waals surface area (Å²) >= 11 is 0. The zero-order valence-corrected chi connectivity index (χ0v) is 13.6. The Hall–Kier alpha value is -1.60. The summed E-state index contributed by atoms with van der Waals surface area (Å²) in [5.41, 5.74) is 1.11. The molecule has 3 rings (SSSR count). The van der Waals surface area contributed by atoms with Crippen molar-refractivity contribution in [2.24, 2.45) is 5.92 Å². The predicted octanol–water partition coefficient (Wildman–Crippen LogP) is 2.50. The number of carbonyl (C=O) groups is 1. The lowest BCUT2D eigenvalue weighted by Gasteiger charge is -2.31. The van der Waals surface area contributed by atoms with Crippen molar-refractivity contribution in [2.45, 2.75) is 31.6 Å². The highest BCUT2D eigenvalue weighted by Gasteiger charge is 2.27. The summed E-state index contributed by atoms with van der Waals surface area (Å²) in [6.45, 7) is 2.20. The number of rotatable bonds is 5. The van der Waals surface area contributed by atoms with E-state index in [1.54, 1.807) is 11.1 Å². The molecule has 3 heterocycles. The van der Waals surface area contributed by atoms with Gasteiger partial charge in [0.05, 0.1) is 19.1 Å². The van der Waals surface area contributed by atoms with Crippen LogP contribution in [0.15, 0.2) is 18.3 Å². The predicted molar refractivity (Wildman–Crippen MR) is 86.2 cm³/mol. The number of ether oxygens (including phenoxy) is 1. The van der Waals surface area contributed by atoms with Gasteiger partial charge < -0.3 is 10.1 Å². The number of pyridine rings is 1. The number of nitrogens with one attached hydrogen (secondary N) is 1. The molecule has 0 aromatic carbocycles. The molecule has 2 fully saturated rings. The normalized spacial score (nSPS) is 25.1. The van der Waals surface area contributed by atoms with Crippen molar-refractivity contribution in [3.63, 3.8) is 0 Å². The van der Waals surface area contributed by atoms with Crippen molar-refractivity contribution in [1.82, 2.24) is 9.88 Å². The van der Waals surface area contributed by atoms with Crippen molar-refractivity contribution in [1.29, 1.82) is 0 Å². The third kappa shape index (κ3) is 4.48. The highest BCUT2D eigenvalue weighted by Crippen LogP contribution is 2.26. The number of alkyl halides is 2. The molecule has 0 radical (unpaired) electrons. The van der Waals surface area contributed by atoms with E-state index in [9.17, 15) is 13.6 Å². The van der Waals surface area contributed by atoms with Crippen LogP contribution in [0.2, 0.25) is 0 Å². The molecule has 2 saturated heterocycles. The van der Waals surface area contributed by atoms with Gasteiger partial charge in [-0.3, -0.25) is 9.69 Å². The molecule has 2 aliphatic heterocycles. The molecule has 5 nitrogen and oxygen atoms in total. The Balaban J connectivity index is 1.59. The van der Waals surface area contributed by atoms with E-state index >= 15 is 0 Å². The van der Waals surface area contributed by atoms with Gasteiger partial charge >= 0.3 is 0 Å². The fraction of sp³-hybridized carbons (Fsp3) is 0.647. The van der Waals surface area contributed by atoms with Gasteiger partial charge in [0.2, 0.25) is 5.91 Å². The number of carbonyl (C=O) groups excluding carboxylic acids is 1. The second-order valence-corrected chi connectivity index (χ2v) is 6.51. The number of hydrogen-bond donors (Lipinski definition) is 1. The minimum atomic E-state index is -2.36. The molecule has 0 spiro atoms. The SMILES string of the molecule is O=C(Nc1cc(C2CCOC2)ccn1)C1CCCN(CC(F)F)C1. The van der Waals surface area contributed by atoms with Gasteiger partial charge in [0.25, 0.3) is 6.43 Å². The van der Waals surface area contributed by atoms with E-state index < -0.39 is 6.43 Å². The third-order valence-electron chi connectivity index (χ3n) is 4.71. The summed E-state index contributed by atoms with van der Waals surface area (Å²) in [4.78, 5) is 18.3. The number of likely N-dealkylation sites (tertiary alicyclic amines) is 1. The summed E-state index contributed by atoms with van der Waals surface area (Å²) in [7, 11) is 0. The van der Waals surface area contributed by atoms with Crippen molar-refractivity contribution in [3.8, 4) is 0 Å². The Morgan fingerprint density at radius 1 is 1.46 bits per heavy atom. The van der Waals surface area contributed by atoms with Gasteiger partial charge in [-0.05, 0) is 43.5 Å². The first-order chi connectivity index (χ1) is 11.6. The van der Waals surface area contributed by atoms with Gasteiger partial charge in [0, 0.05) is 25.3 Å². The summed E-state index contributed by atoms with van der Waals surface area (Å²) in [6.07, 6.45) is 1.79. The van der Waals surface area contributed by atoms with Gasteiger partial charge in [-0.25, -0.2) is 13.8 Å². The Bertz CT molecular complexity index is 565. The van der Waals surface area contributed by atoms with Gasteiger partial charge in [-0.1, -0.05) is 0 Å². The van der Waals surface area contributed by atoms with Crippen LogP contribution in [0.1, 0.15) is 30.7 Å². The molecule has 1 N–H and O–H groups in total. The van der Waals surface area contributed by atoms with Gasteiger partial charge in [-0.2, -0.15) is 0 Å². The smallest absolute Gasteiger partial charge is 0.251 e. The average molecular weight is 339 g/mol.